The first kappa shape index (κ1) is 14.8. The number of aliphatic hydroxyl groups is 2. The molecule has 106 valence electrons. The highest BCUT2D eigenvalue weighted by Gasteiger charge is 2.38. The van der Waals surface area contributed by atoms with Gasteiger partial charge in [0.15, 0.2) is 0 Å². The SMILES string of the molecule is OCCC[C@@](O)(c1cccc(Cl)c1)C1CCCNC1. The van der Waals surface area contributed by atoms with E-state index in [1.165, 1.54) is 0 Å². The van der Waals surface area contributed by atoms with Gasteiger partial charge in [-0.3, -0.25) is 0 Å². The van der Waals surface area contributed by atoms with Crippen LogP contribution in [0.3, 0.4) is 0 Å². The molecule has 1 aromatic rings. The van der Waals surface area contributed by atoms with Crippen LogP contribution in [-0.4, -0.2) is 29.9 Å². The van der Waals surface area contributed by atoms with E-state index in [1.807, 2.05) is 24.3 Å². The second-order valence-electron chi connectivity index (χ2n) is 5.31. The Morgan fingerprint density at radius 3 is 2.89 bits per heavy atom. The monoisotopic (exact) mass is 283 g/mol. The first-order chi connectivity index (χ1) is 9.16. The van der Waals surface area contributed by atoms with Crippen molar-refractivity contribution >= 4 is 11.6 Å². The fourth-order valence-corrected chi connectivity index (χ4v) is 3.14. The summed E-state index contributed by atoms with van der Waals surface area (Å²) in [4.78, 5) is 0. The molecule has 2 rings (SSSR count). The zero-order chi connectivity index (χ0) is 13.7. The van der Waals surface area contributed by atoms with E-state index in [1.54, 1.807) is 0 Å². The lowest BCUT2D eigenvalue weighted by Crippen LogP contribution is -2.44. The predicted molar refractivity (Wildman–Crippen MR) is 77.3 cm³/mol. The van der Waals surface area contributed by atoms with Gasteiger partial charge in [-0.15, -0.1) is 0 Å². The zero-order valence-electron chi connectivity index (χ0n) is 11.1. The van der Waals surface area contributed by atoms with Gasteiger partial charge in [-0.2, -0.15) is 0 Å². The van der Waals surface area contributed by atoms with Gasteiger partial charge in [0.1, 0.15) is 0 Å². The highest BCUT2D eigenvalue weighted by molar-refractivity contribution is 6.30. The Bertz CT molecular complexity index is 407. The number of hydrogen-bond donors (Lipinski definition) is 3. The summed E-state index contributed by atoms with van der Waals surface area (Å²) in [7, 11) is 0. The van der Waals surface area contributed by atoms with Crippen LogP contribution in [0.15, 0.2) is 24.3 Å². The summed E-state index contributed by atoms with van der Waals surface area (Å²) >= 11 is 6.05. The van der Waals surface area contributed by atoms with Crippen molar-refractivity contribution in [1.29, 1.82) is 0 Å². The largest absolute Gasteiger partial charge is 0.396 e. The highest BCUT2D eigenvalue weighted by atomic mass is 35.5. The van der Waals surface area contributed by atoms with Crippen LogP contribution in [0.1, 0.15) is 31.2 Å². The maximum atomic E-state index is 11.2. The van der Waals surface area contributed by atoms with Crippen LogP contribution >= 0.6 is 11.6 Å². The van der Waals surface area contributed by atoms with Gasteiger partial charge in [-0.05, 0) is 49.9 Å². The minimum Gasteiger partial charge on any atom is -0.396 e. The number of aliphatic hydroxyl groups excluding tert-OH is 1. The highest BCUT2D eigenvalue weighted by Crippen LogP contribution is 2.38. The molecule has 3 nitrogen and oxygen atoms in total. The van der Waals surface area contributed by atoms with Gasteiger partial charge in [0.05, 0.1) is 5.60 Å². The third-order valence-corrected chi connectivity index (χ3v) is 4.25. The molecule has 1 heterocycles. The van der Waals surface area contributed by atoms with E-state index in [0.717, 1.165) is 31.5 Å². The zero-order valence-corrected chi connectivity index (χ0v) is 11.9. The maximum Gasteiger partial charge on any atom is 0.0938 e. The van der Waals surface area contributed by atoms with E-state index in [-0.39, 0.29) is 12.5 Å². The minimum absolute atomic E-state index is 0.100. The predicted octanol–water partition coefficient (Wildman–Crippen LogP) is 2.30. The van der Waals surface area contributed by atoms with Crippen molar-refractivity contribution < 1.29 is 10.2 Å². The lowest BCUT2D eigenvalue weighted by molar-refractivity contribution is -0.0448. The first-order valence-corrected chi connectivity index (χ1v) is 7.34. The summed E-state index contributed by atoms with van der Waals surface area (Å²) in [5.41, 5.74) is -0.0386. The lowest BCUT2D eigenvalue weighted by atomic mass is 9.75. The Hall–Kier alpha value is -0.610. The number of halogens is 1. The summed E-state index contributed by atoms with van der Waals surface area (Å²) < 4.78 is 0. The normalized spacial score (nSPS) is 23.0. The molecular formula is C15H22ClNO2. The molecule has 2 atom stereocenters. The van der Waals surface area contributed by atoms with Crippen LogP contribution in [0.25, 0.3) is 0 Å². The van der Waals surface area contributed by atoms with Gasteiger partial charge in [-0.1, -0.05) is 23.7 Å². The van der Waals surface area contributed by atoms with Gasteiger partial charge in [0, 0.05) is 24.1 Å². The van der Waals surface area contributed by atoms with Gasteiger partial charge in [0.25, 0.3) is 0 Å². The summed E-state index contributed by atoms with van der Waals surface area (Å²) in [6.45, 7) is 1.93. The Morgan fingerprint density at radius 1 is 1.42 bits per heavy atom. The van der Waals surface area contributed by atoms with Crippen molar-refractivity contribution in [2.24, 2.45) is 5.92 Å². The molecule has 0 amide bonds. The van der Waals surface area contributed by atoms with Crippen LogP contribution in [0.5, 0.6) is 0 Å². The van der Waals surface area contributed by atoms with Crippen molar-refractivity contribution in [3.63, 3.8) is 0 Å². The fraction of sp³-hybridized carbons (Fsp3) is 0.600. The van der Waals surface area contributed by atoms with Crippen LogP contribution in [0.2, 0.25) is 5.02 Å². The molecule has 1 aromatic carbocycles. The van der Waals surface area contributed by atoms with E-state index < -0.39 is 5.60 Å². The van der Waals surface area contributed by atoms with E-state index in [2.05, 4.69) is 5.32 Å². The molecule has 0 spiro atoms. The molecule has 1 aliphatic rings. The molecule has 1 fully saturated rings. The van der Waals surface area contributed by atoms with Crippen molar-refractivity contribution in [3.05, 3.63) is 34.9 Å². The first-order valence-electron chi connectivity index (χ1n) is 6.97. The molecule has 4 heteroatoms. The topological polar surface area (TPSA) is 52.5 Å². The third kappa shape index (κ3) is 3.48. The summed E-state index contributed by atoms with van der Waals surface area (Å²) in [5, 5.41) is 24.2. The van der Waals surface area contributed by atoms with Gasteiger partial charge in [0.2, 0.25) is 0 Å². The molecule has 3 N–H and O–H groups in total. The van der Waals surface area contributed by atoms with E-state index in [0.29, 0.717) is 17.9 Å². The van der Waals surface area contributed by atoms with Crippen molar-refractivity contribution in [2.45, 2.75) is 31.3 Å². The van der Waals surface area contributed by atoms with Crippen LogP contribution in [0, 0.1) is 5.92 Å². The van der Waals surface area contributed by atoms with E-state index in [9.17, 15) is 5.11 Å². The smallest absolute Gasteiger partial charge is 0.0938 e. The van der Waals surface area contributed by atoms with Gasteiger partial charge >= 0.3 is 0 Å². The molecule has 1 unspecified atom stereocenters. The number of benzene rings is 1. The molecule has 0 radical (unpaired) electrons. The molecule has 0 bridgehead atoms. The van der Waals surface area contributed by atoms with E-state index in [4.69, 9.17) is 16.7 Å². The molecule has 0 aromatic heterocycles. The number of hydrogen-bond acceptors (Lipinski definition) is 3. The lowest BCUT2D eigenvalue weighted by Gasteiger charge is -2.39. The molecule has 1 saturated heterocycles. The number of rotatable bonds is 5. The molecule has 19 heavy (non-hydrogen) atoms. The maximum absolute atomic E-state index is 11.2. The summed E-state index contributed by atoms with van der Waals surface area (Å²) in [6, 6.07) is 7.46. The minimum atomic E-state index is -0.902. The summed E-state index contributed by atoms with van der Waals surface area (Å²) in [5.74, 6) is 0.172. The molecule has 0 aliphatic carbocycles. The molecule has 0 saturated carbocycles. The van der Waals surface area contributed by atoms with Gasteiger partial charge in [-0.25, -0.2) is 0 Å². The van der Waals surface area contributed by atoms with E-state index >= 15 is 0 Å². The van der Waals surface area contributed by atoms with Crippen molar-refractivity contribution in [3.8, 4) is 0 Å². The fourth-order valence-electron chi connectivity index (χ4n) is 2.95. The van der Waals surface area contributed by atoms with Gasteiger partial charge < -0.3 is 15.5 Å². The third-order valence-electron chi connectivity index (χ3n) is 4.01. The second kappa shape index (κ2) is 6.71. The van der Waals surface area contributed by atoms with Crippen LogP contribution in [-0.2, 0) is 5.60 Å². The molecule has 1 aliphatic heterocycles. The number of nitrogens with one attached hydrogen (secondary N) is 1. The standard InChI is InChI=1S/C15H22ClNO2/c16-14-6-1-4-12(10-14)15(19,7-3-9-18)13-5-2-8-17-11-13/h1,4,6,10,13,17-19H,2-3,5,7-9,11H2/t13?,15-/m1/s1. The summed E-state index contributed by atoms with van der Waals surface area (Å²) in [6.07, 6.45) is 3.24. The Morgan fingerprint density at radius 2 is 2.26 bits per heavy atom. The average Bonchev–Trinajstić information content (AvgIpc) is 2.45. The second-order valence-corrected chi connectivity index (χ2v) is 5.74. The quantitative estimate of drug-likeness (QED) is 0.777. The Labute approximate surface area is 119 Å². The Balaban J connectivity index is 2.27. The van der Waals surface area contributed by atoms with Crippen molar-refractivity contribution in [1.82, 2.24) is 5.32 Å². The Kier molecular flexibility index (Phi) is 5.22. The van der Waals surface area contributed by atoms with Crippen molar-refractivity contribution in [2.75, 3.05) is 19.7 Å². The number of piperidine rings is 1. The van der Waals surface area contributed by atoms with Crippen LogP contribution < -0.4 is 5.32 Å². The van der Waals surface area contributed by atoms with Crippen LogP contribution in [0.4, 0.5) is 0 Å². The molecular weight excluding hydrogens is 262 g/mol. The average molecular weight is 284 g/mol.